The van der Waals surface area contributed by atoms with Gasteiger partial charge in [0.05, 0.1) is 12.8 Å². The van der Waals surface area contributed by atoms with Crippen molar-refractivity contribution in [1.82, 2.24) is 4.98 Å². The molecule has 13 heavy (non-hydrogen) atoms. The lowest BCUT2D eigenvalue weighted by Gasteiger charge is -2.03. The summed E-state index contributed by atoms with van der Waals surface area (Å²) in [6.07, 6.45) is 0. The zero-order valence-electron chi connectivity index (χ0n) is 7.66. The Labute approximate surface area is 77.3 Å². The molecule has 66 valence electrons. The highest BCUT2D eigenvalue weighted by atomic mass is 16.5. The van der Waals surface area contributed by atoms with Gasteiger partial charge in [-0.2, -0.15) is 5.26 Å². The third kappa shape index (κ3) is 1.85. The van der Waals surface area contributed by atoms with Crippen LogP contribution in [0.4, 0.5) is 0 Å². The molecule has 1 aromatic rings. The molecule has 0 radical (unpaired) electrons. The molecular formula is C10H10N2O. The third-order valence-electron chi connectivity index (χ3n) is 1.61. The zero-order chi connectivity index (χ0) is 9.84. The van der Waals surface area contributed by atoms with Crippen molar-refractivity contribution in [3.63, 3.8) is 0 Å². The number of hydrogen-bond donors (Lipinski definition) is 0. The number of allylic oxidation sites excluding steroid dienone is 1. The topological polar surface area (TPSA) is 45.9 Å². The molecule has 0 saturated carbocycles. The SMILES string of the molecule is C=C(C)c1ccc(C#N)c(OC)n1. The van der Waals surface area contributed by atoms with E-state index in [0.29, 0.717) is 11.4 Å². The first-order chi connectivity index (χ1) is 6.19. The molecule has 0 aliphatic carbocycles. The van der Waals surface area contributed by atoms with E-state index < -0.39 is 0 Å². The van der Waals surface area contributed by atoms with E-state index in [1.54, 1.807) is 12.1 Å². The molecule has 0 unspecified atom stereocenters. The highest BCUT2D eigenvalue weighted by Gasteiger charge is 2.05. The lowest BCUT2D eigenvalue weighted by Crippen LogP contribution is -1.94. The summed E-state index contributed by atoms with van der Waals surface area (Å²) in [5, 5.41) is 8.69. The molecular weight excluding hydrogens is 164 g/mol. The quantitative estimate of drug-likeness (QED) is 0.688. The molecule has 0 aliphatic heterocycles. The van der Waals surface area contributed by atoms with Gasteiger partial charge in [0.15, 0.2) is 0 Å². The first-order valence-corrected chi connectivity index (χ1v) is 3.80. The van der Waals surface area contributed by atoms with Crippen molar-refractivity contribution in [3.05, 3.63) is 30.0 Å². The van der Waals surface area contributed by atoms with Crippen LogP contribution in [0.2, 0.25) is 0 Å². The highest BCUT2D eigenvalue weighted by molar-refractivity contribution is 5.59. The predicted molar refractivity (Wildman–Crippen MR) is 50.2 cm³/mol. The summed E-state index contributed by atoms with van der Waals surface area (Å²) in [5.41, 5.74) is 2.03. The van der Waals surface area contributed by atoms with Crippen LogP contribution in [0.25, 0.3) is 5.57 Å². The Morgan fingerprint density at radius 2 is 2.31 bits per heavy atom. The van der Waals surface area contributed by atoms with E-state index in [-0.39, 0.29) is 0 Å². The number of nitrogens with zero attached hydrogens (tertiary/aromatic N) is 2. The minimum absolute atomic E-state index is 0.350. The Balaban J connectivity index is 3.23. The van der Waals surface area contributed by atoms with Crippen molar-refractivity contribution in [3.8, 4) is 11.9 Å². The Morgan fingerprint density at radius 1 is 1.62 bits per heavy atom. The first kappa shape index (κ1) is 9.27. The third-order valence-corrected chi connectivity index (χ3v) is 1.61. The van der Waals surface area contributed by atoms with Crippen LogP contribution in [0.3, 0.4) is 0 Å². The van der Waals surface area contributed by atoms with Gasteiger partial charge in [-0.15, -0.1) is 0 Å². The van der Waals surface area contributed by atoms with Crippen molar-refractivity contribution >= 4 is 5.57 Å². The van der Waals surface area contributed by atoms with E-state index in [2.05, 4.69) is 11.6 Å². The van der Waals surface area contributed by atoms with Crippen LogP contribution >= 0.6 is 0 Å². The van der Waals surface area contributed by atoms with E-state index in [1.165, 1.54) is 7.11 Å². The van der Waals surface area contributed by atoms with Crippen molar-refractivity contribution < 1.29 is 4.74 Å². The second-order valence-corrected chi connectivity index (χ2v) is 2.65. The number of ether oxygens (including phenoxy) is 1. The Hall–Kier alpha value is -1.82. The van der Waals surface area contributed by atoms with Gasteiger partial charge in [0.1, 0.15) is 11.6 Å². The lowest BCUT2D eigenvalue weighted by molar-refractivity contribution is 0.396. The number of nitriles is 1. The average Bonchev–Trinajstić information content (AvgIpc) is 2.16. The molecule has 0 bridgehead atoms. The second-order valence-electron chi connectivity index (χ2n) is 2.65. The van der Waals surface area contributed by atoms with Crippen LogP contribution in [0.15, 0.2) is 18.7 Å². The summed E-state index contributed by atoms with van der Waals surface area (Å²) in [6.45, 7) is 5.61. The first-order valence-electron chi connectivity index (χ1n) is 3.80. The van der Waals surface area contributed by atoms with Gasteiger partial charge < -0.3 is 4.74 Å². The standard InChI is InChI=1S/C10H10N2O/c1-7(2)9-5-4-8(6-11)10(12-9)13-3/h4-5H,1H2,2-3H3. The highest BCUT2D eigenvalue weighted by Crippen LogP contribution is 2.17. The lowest BCUT2D eigenvalue weighted by atomic mass is 10.2. The van der Waals surface area contributed by atoms with Gasteiger partial charge in [0.25, 0.3) is 0 Å². The summed E-state index contributed by atoms with van der Waals surface area (Å²) in [6, 6.07) is 5.43. The van der Waals surface area contributed by atoms with Gasteiger partial charge in [-0.3, -0.25) is 0 Å². The van der Waals surface area contributed by atoms with Crippen molar-refractivity contribution in [2.45, 2.75) is 6.92 Å². The van der Waals surface area contributed by atoms with E-state index in [4.69, 9.17) is 10.00 Å². The van der Waals surface area contributed by atoms with Gasteiger partial charge >= 0.3 is 0 Å². The molecule has 0 amide bonds. The average molecular weight is 174 g/mol. The summed E-state index contributed by atoms with van der Waals surface area (Å²) < 4.78 is 4.95. The number of methoxy groups -OCH3 is 1. The van der Waals surface area contributed by atoms with E-state index in [0.717, 1.165) is 11.3 Å². The monoisotopic (exact) mass is 174 g/mol. The second kappa shape index (κ2) is 3.72. The Bertz CT molecular complexity index is 377. The number of aromatic nitrogens is 1. The Kier molecular flexibility index (Phi) is 2.65. The smallest absolute Gasteiger partial charge is 0.231 e. The molecule has 3 nitrogen and oxygen atoms in total. The van der Waals surface area contributed by atoms with Gasteiger partial charge in [-0.25, -0.2) is 4.98 Å². The maximum Gasteiger partial charge on any atom is 0.231 e. The van der Waals surface area contributed by atoms with Gasteiger partial charge in [-0.05, 0) is 24.6 Å². The fourth-order valence-corrected chi connectivity index (χ4v) is 0.919. The minimum Gasteiger partial charge on any atom is -0.480 e. The summed E-state index contributed by atoms with van der Waals surface area (Å²) in [7, 11) is 1.49. The van der Waals surface area contributed by atoms with Gasteiger partial charge in [0.2, 0.25) is 5.88 Å². The number of pyridine rings is 1. The number of rotatable bonds is 2. The fourth-order valence-electron chi connectivity index (χ4n) is 0.919. The predicted octanol–water partition coefficient (Wildman–Crippen LogP) is 1.99. The minimum atomic E-state index is 0.350. The molecule has 0 spiro atoms. The molecule has 0 fully saturated rings. The van der Waals surface area contributed by atoms with E-state index in [9.17, 15) is 0 Å². The van der Waals surface area contributed by atoms with E-state index >= 15 is 0 Å². The molecule has 0 saturated heterocycles. The molecule has 1 heterocycles. The zero-order valence-corrected chi connectivity index (χ0v) is 7.66. The van der Waals surface area contributed by atoms with Crippen LogP contribution in [0, 0.1) is 11.3 Å². The molecule has 0 aromatic carbocycles. The molecule has 0 atom stereocenters. The Morgan fingerprint density at radius 3 is 2.77 bits per heavy atom. The molecule has 1 aromatic heterocycles. The molecule has 0 N–H and O–H groups in total. The fraction of sp³-hybridized carbons (Fsp3) is 0.200. The largest absolute Gasteiger partial charge is 0.480 e. The van der Waals surface area contributed by atoms with Gasteiger partial charge in [0, 0.05) is 0 Å². The van der Waals surface area contributed by atoms with Crippen LogP contribution < -0.4 is 4.74 Å². The normalized spacial score (nSPS) is 9.00. The molecule has 0 aliphatic rings. The van der Waals surface area contributed by atoms with Crippen molar-refractivity contribution in [2.24, 2.45) is 0 Å². The number of hydrogen-bond acceptors (Lipinski definition) is 3. The van der Waals surface area contributed by atoms with Crippen LogP contribution in [0.1, 0.15) is 18.2 Å². The van der Waals surface area contributed by atoms with E-state index in [1.807, 2.05) is 13.0 Å². The van der Waals surface area contributed by atoms with Gasteiger partial charge in [-0.1, -0.05) is 6.58 Å². The van der Waals surface area contributed by atoms with Crippen molar-refractivity contribution in [1.29, 1.82) is 5.26 Å². The van der Waals surface area contributed by atoms with Crippen LogP contribution in [0.5, 0.6) is 5.88 Å². The maximum atomic E-state index is 8.69. The molecule has 1 rings (SSSR count). The van der Waals surface area contributed by atoms with Crippen LogP contribution in [-0.2, 0) is 0 Å². The summed E-state index contributed by atoms with van der Waals surface area (Å²) in [4.78, 5) is 4.12. The molecule has 3 heteroatoms. The summed E-state index contributed by atoms with van der Waals surface area (Å²) >= 11 is 0. The van der Waals surface area contributed by atoms with Crippen molar-refractivity contribution in [2.75, 3.05) is 7.11 Å². The maximum absolute atomic E-state index is 8.69. The summed E-state index contributed by atoms with van der Waals surface area (Å²) in [5.74, 6) is 0.350. The van der Waals surface area contributed by atoms with Crippen LogP contribution in [-0.4, -0.2) is 12.1 Å².